The van der Waals surface area contributed by atoms with Gasteiger partial charge in [0.25, 0.3) is 0 Å². The van der Waals surface area contributed by atoms with E-state index in [1.165, 1.54) is 189 Å². The smallest absolute Gasteiger partial charge is 0.0715 e. The second-order valence-electron chi connectivity index (χ2n) is 35.3. The van der Waals surface area contributed by atoms with Crippen molar-refractivity contribution in [1.82, 2.24) is 9.13 Å². The molecule has 4 heteroatoms. The minimum absolute atomic E-state index is 0.191. The lowest BCUT2D eigenvalue weighted by molar-refractivity contribution is 0.660. The minimum atomic E-state index is -0.675. The summed E-state index contributed by atoms with van der Waals surface area (Å²) in [4.78, 5) is 4.91. The Labute approximate surface area is 743 Å². The fraction of sp³-hybridized carbons (Fsp3) is 0.0732. The predicted molar refractivity (Wildman–Crippen MR) is 533 cm³/mol. The van der Waals surface area contributed by atoms with Crippen LogP contribution in [0.5, 0.6) is 0 Å². The first kappa shape index (κ1) is 76.3. The third-order valence-electron chi connectivity index (χ3n) is 27.6. The Morgan fingerprint density at radius 3 is 0.874 bits per heavy atom. The largest absolute Gasteiger partial charge is 0.310 e. The van der Waals surface area contributed by atoms with Gasteiger partial charge < -0.3 is 18.9 Å². The molecule has 2 heterocycles. The molecule has 19 aromatic carbocycles. The van der Waals surface area contributed by atoms with E-state index in [-0.39, 0.29) is 5.41 Å². The lowest BCUT2D eigenvalue weighted by Crippen LogP contribution is -2.29. The molecule has 0 bridgehead atoms. The number of fused-ring (bicyclic) bond motifs is 15. The van der Waals surface area contributed by atoms with Crippen LogP contribution in [0.1, 0.15) is 91.7 Å². The van der Waals surface area contributed by atoms with Crippen molar-refractivity contribution in [3.05, 3.63) is 527 Å². The first-order valence-corrected chi connectivity index (χ1v) is 44.4. The van der Waals surface area contributed by atoms with Crippen LogP contribution in [0.15, 0.2) is 449 Å². The van der Waals surface area contributed by atoms with Crippen molar-refractivity contribution in [3.8, 4) is 67.0 Å². The van der Waals surface area contributed by atoms with Gasteiger partial charge in [0.05, 0.1) is 44.3 Å². The lowest BCUT2D eigenvalue weighted by atomic mass is 9.67. The first-order chi connectivity index (χ1) is 62.4. The van der Waals surface area contributed by atoms with Gasteiger partial charge in [0.15, 0.2) is 0 Å². The Morgan fingerprint density at radius 1 is 0.197 bits per heavy atom. The van der Waals surface area contributed by atoms with Crippen molar-refractivity contribution in [2.45, 2.75) is 57.8 Å². The lowest BCUT2D eigenvalue weighted by Gasteiger charge is -2.35. The Morgan fingerprint density at radius 2 is 0.496 bits per heavy atom. The normalized spacial score (nSPS) is 13.3. The molecule has 4 nitrogen and oxygen atoms in total. The maximum absolute atomic E-state index is 2.54. The predicted octanol–water partition coefficient (Wildman–Crippen LogP) is 32.1. The van der Waals surface area contributed by atoms with Crippen molar-refractivity contribution in [2.24, 2.45) is 0 Å². The standard InChI is InChI=1S/C72H54N2.C51H38N2/c1-47-30-34-53(35-31-47)72(54-36-32-48(2)33-37-54)64-26-17-29-69(74-67-27-15-12-23-60(67)61-24-13-16-28-68(61)74)70(64)62-41-39-56(46-66(62)72)73(55-38-40-59-58-22-11-14-25-63(58)71(3,4)65(59)45-55)57-43-51(49-18-7-5-8-19-49)42-52(44-57)50-20-9-6-10-21-50;1-35-24-28-37(29-25-35)51(38-30-26-36(2)27-31-38)45-20-13-23-49(53-47-21-11-9-18-42(47)43-19-10-12-22-48(43)53)50(45)44-33-32-41(34-46(44)51)52(39-14-5-3-6-15-39)40-16-7-4-8-17-40/h5-46H,1-4H3;3-34H,1-2H3. The van der Waals surface area contributed by atoms with Crippen molar-refractivity contribution < 1.29 is 0 Å². The van der Waals surface area contributed by atoms with E-state index in [9.17, 15) is 0 Å². The molecule has 127 heavy (non-hydrogen) atoms. The summed E-state index contributed by atoms with van der Waals surface area (Å²) in [6, 6.07) is 167. The van der Waals surface area contributed by atoms with Gasteiger partial charge >= 0.3 is 0 Å². The molecule has 0 saturated carbocycles. The van der Waals surface area contributed by atoms with Crippen molar-refractivity contribution in [2.75, 3.05) is 9.80 Å². The highest BCUT2D eigenvalue weighted by Crippen LogP contribution is 2.63. The third kappa shape index (κ3) is 12.2. The zero-order valence-electron chi connectivity index (χ0n) is 72.0. The molecule has 21 aromatic rings. The zero-order chi connectivity index (χ0) is 85.2. The Balaban J connectivity index is 0.000000154. The Hall–Kier alpha value is -15.6. The highest BCUT2D eigenvalue weighted by atomic mass is 15.1. The number of rotatable bonds is 14. The van der Waals surface area contributed by atoms with E-state index in [1.807, 2.05) is 0 Å². The van der Waals surface area contributed by atoms with Crippen molar-refractivity contribution >= 4 is 77.7 Å². The molecule has 0 unspecified atom stereocenters. The molecule has 24 rings (SSSR count). The number of hydrogen-bond donors (Lipinski definition) is 0. The molecule has 0 amide bonds. The molecule has 3 aliphatic rings. The van der Waals surface area contributed by atoms with Gasteiger partial charge in [-0.25, -0.2) is 0 Å². The quantitative estimate of drug-likeness (QED) is 0.108. The molecule has 0 fully saturated rings. The second-order valence-corrected chi connectivity index (χ2v) is 35.3. The van der Waals surface area contributed by atoms with Crippen molar-refractivity contribution in [1.29, 1.82) is 0 Å². The molecule has 2 aromatic heterocycles. The fourth-order valence-electron chi connectivity index (χ4n) is 21.7. The molecule has 604 valence electrons. The Bertz CT molecular complexity index is 7560. The maximum atomic E-state index is 2.54. The van der Waals surface area contributed by atoms with Crippen LogP contribution in [-0.4, -0.2) is 9.13 Å². The molecule has 0 spiro atoms. The van der Waals surface area contributed by atoms with Gasteiger partial charge in [-0.3, -0.25) is 0 Å². The zero-order valence-corrected chi connectivity index (χ0v) is 72.0. The van der Waals surface area contributed by atoms with Crippen LogP contribution in [0.4, 0.5) is 34.1 Å². The van der Waals surface area contributed by atoms with Gasteiger partial charge in [-0.2, -0.15) is 0 Å². The van der Waals surface area contributed by atoms with Crippen LogP contribution in [0, 0.1) is 27.7 Å². The maximum Gasteiger partial charge on any atom is 0.0715 e. The van der Waals surface area contributed by atoms with Crippen LogP contribution in [0.2, 0.25) is 0 Å². The summed E-state index contributed by atoms with van der Waals surface area (Å²) in [7, 11) is 0. The highest BCUT2D eigenvalue weighted by Gasteiger charge is 2.50. The Kier molecular flexibility index (Phi) is 18.3. The third-order valence-corrected chi connectivity index (χ3v) is 27.6. The second kappa shape index (κ2) is 30.4. The fourth-order valence-corrected chi connectivity index (χ4v) is 21.7. The molecule has 0 radical (unpaired) electrons. The average molecular weight is 1630 g/mol. The number of anilines is 6. The van der Waals surface area contributed by atoms with E-state index in [4.69, 9.17) is 0 Å². The number of aryl methyl sites for hydroxylation is 4. The molecule has 0 atom stereocenters. The van der Waals surface area contributed by atoms with Crippen molar-refractivity contribution in [3.63, 3.8) is 0 Å². The number of nitrogens with zero attached hydrogens (tertiary/aromatic N) is 4. The van der Waals surface area contributed by atoms with E-state index >= 15 is 0 Å². The first-order valence-electron chi connectivity index (χ1n) is 44.4. The average Bonchev–Trinajstić information content (AvgIpc) is 1.53. The van der Waals surface area contributed by atoms with Crippen LogP contribution < -0.4 is 9.80 Å². The molecule has 0 saturated heterocycles. The number of aromatic nitrogens is 2. The van der Waals surface area contributed by atoms with Crippen LogP contribution >= 0.6 is 0 Å². The van der Waals surface area contributed by atoms with E-state index in [0.717, 1.165) is 34.1 Å². The molecular formula is C123H92N4. The minimum Gasteiger partial charge on any atom is -0.310 e. The van der Waals surface area contributed by atoms with E-state index in [0.29, 0.717) is 0 Å². The van der Waals surface area contributed by atoms with E-state index in [2.05, 4.69) is 509 Å². The van der Waals surface area contributed by atoms with Gasteiger partial charge in [-0.05, 0) is 243 Å². The van der Waals surface area contributed by atoms with E-state index in [1.54, 1.807) is 0 Å². The topological polar surface area (TPSA) is 16.3 Å². The van der Waals surface area contributed by atoms with E-state index < -0.39 is 10.8 Å². The summed E-state index contributed by atoms with van der Waals surface area (Å²) in [6.45, 7) is 13.5. The monoisotopic (exact) mass is 1620 g/mol. The summed E-state index contributed by atoms with van der Waals surface area (Å²) < 4.78 is 5.00. The summed E-state index contributed by atoms with van der Waals surface area (Å²) in [6.07, 6.45) is 0. The number of benzene rings is 19. The SMILES string of the molecule is Cc1ccc(C2(c3ccc(C)cc3)c3cc(N(c4cc(-c5ccccc5)cc(-c5ccccc5)c4)c4ccc5c(c4)C(C)(C)c4ccccc4-5)ccc3-c3c(-n4c5ccccc5c5ccccc54)cccc32)cc1.Cc1ccc(C2(c3ccc(C)cc3)c3cc(N(c4ccccc4)c4ccccc4)ccc3-c3c(-n4c5ccccc5c5ccccc54)cccc32)cc1. The molecule has 0 N–H and O–H groups in total. The van der Waals surface area contributed by atoms with Gasteiger partial charge in [-0.15, -0.1) is 0 Å². The van der Waals surface area contributed by atoms with Gasteiger partial charge in [-0.1, -0.05) is 370 Å². The number of para-hydroxylation sites is 6. The summed E-state index contributed by atoms with van der Waals surface area (Å²) >= 11 is 0. The molecule has 3 aliphatic carbocycles. The van der Waals surface area contributed by atoms with Gasteiger partial charge in [0, 0.05) is 72.2 Å². The van der Waals surface area contributed by atoms with Crippen LogP contribution in [0.25, 0.3) is 111 Å². The van der Waals surface area contributed by atoms with Crippen LogP contribution in [-0.2, 0) is 16.2 Å². The van der Waals surface area contributed by atoms with Gasteiger partial charge in [0.1, 0.15) is 0 Å². The van der Waals surface area contributed by atoms with Gasteiger partial charge in [0.2, 0.25) is 0 Å². The summed E-state index contributed by atoms with van der Waals surface area (Å²) in [5, 5.41) is 5.03. The number of hydrogen-bond acceptors (Lipinski definition) is 2. The molecule has 0 aliphatic heterocycles. The van der Waals surface area contributed by atoms with Crippen LogP contribution in [0.3, 0.4) is 0 Å². The summed E-state index contributed by atoms with van der Waals surface area (Å²) in [5.41, 5.74) is 42.5. The summed E-state index contributed by atoms with van der Waals surface area (Å²) in [5.74, 6) is 0. The molecular weight excluding hydrogens is 1530 g/mol. The highest BCUT2D eigenvalue weighted by molar-refractivity contribution is 6.12.